The molecule has 3 rings (SSSR count). The Labute approximate surface area is 144 Å². The van der Waals surface area contributed by atoms with Crippen molar-refractivity contribution in [2.24, 2.45) is 0 Å². The molecule has 0 bridgehead atoms. The van der Waals surface area contributed by atoms with E-state index in [-0.39, 0.29) is 11.6 Å². The van der Waals surface area contributed by atoms with Gasteiger partial charge >= 0.3 is 0 Å². The molecule has 0 radical (unpaired) electrons. The number of Topliss-reactive ketones (excluding diaryl/α,β-unsaturated/α-hetero) is 1. The van der Waals surface area contributed by atoms with Crippen LogP contribution in [0.3, 0.4) is 0 Å². The van der Waals surface area contributed by atoms with Gasteiger partial charge in [0.15, 0.2) is 11.5 Å². The summed E-state index contributed by atoms with van der Waals surface area (Å²) in [6.07, 6.45) is 6.54. The van der Waals surface area contributed by atoms with E-state index in [4.69, 9.17) is 4.52 Å². The zero-order valence-corrected chi connectivity index (χ0v) is 13.8. The maximum Gasteiger partial charge on any atom is 0.184 e. The number of benzene rings is 1. The summed E-state index contributed by atoms with van der Waals surface area (Å²) in [6, 6.07) is 9.62. The van der Waals surface area contributed by atoms with Gasteiger partial charge in [-0.05, 0) is 43.5 Å². The molecule has 130 valence electrons. The van der Waals surface area contributed by atoms with E-state index < -0.39 is 0 Å². The molecule has 0 atom stereocenters. The molecule has 2 aromatic heterocycles. The van der Waals surface area contributed by atoms with Crippen molar-refractivity contribution < 1.29 is 18.2 Å². The smallest absolute Gasteiger partial charge is 0.184 e. The fraction of sp³-hybridized carbons (Fsp3) is 0.316. The van der Waals surface area contributed by atoms with Crippen LogP contribution in [0.15, 0.2) is 51.7 Å². The molecule has 2 heterocycles. The molecule has 0 aliphatic carbocycles. The lowest BCUT2D eigenvalue weighted by Gasteiger charge is -1.99. The highest BCUT2D eigenvalue weighted by Gasteiger charge is 2.09. The van der Waals surface area contributed by atoms with Gasteiger partial charge in [-0.15, -0.1) is 0 Å². The van der Waals surface area contributed by atoms with Gasteiger partial charge in [0.1, 0.15) is 17.8 Å². The number of rotatable bonds is 9. The Kier molecular flexibility index (Phi) is 5.72. The Morgan fingerprint density at radius 2 is 1.80 bits per heavy atom. The van der Waals surface area contributed by atoms with Crippen molar-refractivity contribution in [2.45, 2.75) is 38.5 Å². The molecule has 5 nitrogen and oxygen atoms in total. The van der Waals surface area contributed by atoms with Crippen molar-refractivity contribution in [1.82, 2.24) is 10.3 Å². The lowest BCUT2D eigenvalue weighted by Crippen LogP contribution is -1.98. The number of carbonyl (C=O) groups is 1. The molecule has 0 fully saturated rings. The first-order valence-corrected chi connectivity index (χ1v) is 8.37. The van der Waals surface area contributed by atoms with Crippen LogP contribution in [0.4, 0.5) is 4.39 Å². The van der Waals surface area contributed by atoms with Crippen LogP contribution in [-0.2, 0) is 6.42 Å². The number of hydrogen-bond acceptors (Lipinski definition) is 5. The Morgan fingerprint density at radius 1 is 1.00 bits per heavy atom. The fourth-order valence-corrected chi connectivity index (χ4v) is 2.61. The van der Waals surface area contributed by atoms with E-state index in [1.54, 1.807) is 18.2 Å². The summed E-state index contributed by atoms with van der Waals surface area (Å²) < 4.78 is 22.9. The molecule has 0 unspecified atom stereocenters. The molecule has 0 saturated carbocycles. The standard InChI is InChI=1S/C19H19FN2O3/c20-15-9-7-14(8-10-15)19-13-16(21-25-19)5-3-1-2-4-6-18(23)17-11-12-24-22-17/h7-13H,1-6H2. The molecule has 3 aromatic rings. The van der Waals surface area contributed by atoms with Crippen LogP contribution < -0.4 is 0 Å². The second kappa shape index (κ2) is 8.37. The average molecular weight is 342 g/mol. The summed E-state index contributed by atoms with van der Waals surface area (Å²) in [5, 5.41) is 7.69. The zero-order valence-electron chi connectivity index (χ0n) is 13.8. The number of hydrogen-bond donors (Lipinski definition) is 0. The van der Waals surface area contributed by atoms with E-state index in [0.29, 0.717) is 17.9 Å². The molecule has 0 aliphatic heterocycles. The Bertz CT molecular complexity index is 794. The summed E-state index contributed by atoms with van der Waals surface area (Å²) in [4.78, 5) is 11.8. The topological polar surface area (TPSA) is 69.1 Å². The average Bonchev–Trinajstić information content (AvgIpc) is 3.30. The monoisotopic (exact) mass is 342 g/mol. The Morgan fingerprint density at radius 3 is 2.56 bits per heavy atom. The number of halogens is 1. The van der Waals surface area contributed by atoms with Gasteiger partial charge < -0.3 is 9.05 Å². The number of ketones is 1. The number of aryl methyl sites for hydroxylation is 1. The van der Waals surface area contributed by atoms with Gasteiger partial charge in [-0.2, -0.15) is 0 Å². The van der Waals surface area contributed by atoms with Crippen LogP contribution in [0.25, 0.3) is 11.3 Å². The van der Waals surface area contributed by atoms with Crippen molar-refractivity contribution in [3.63, 3.8) is 0 Å². The highest BCUT2D eigenvalue weighted by molar-refractivity contribution is 5.93. The van der Waals surface area contributed by atoms with Gasteiger partial charge in [0.05, 0.1) is 5.69 Å². The molecule has 0 aliphatic rings. The third-order valence-corrected chi connectivity index (χ3v) is 4.00. The number of nitrogens with zero attached hydrogens (tertiary/aromatic N) is 2. The van der Waals surface area contributed by atoms with Crippen molar-refractivity contribution >= 4 is 5.78 Å². The predicted molar refractivity (Wildman–Crippen MR) is 89.5 cm³/mol. The van der Waals surface area contributed by atoms with E-state index in [1.807, 2.05) is 6.07 Å². The van der Waals surface area contributed by atoms with Gasteiger partial charge in [-0.25, -0.2) is 4.39 Å². The van der Waals surface area contributed by atoms with Crippen molar-refractivity contribution in [1.29, 1.82) is 0 Å². The lowest BCUT2D eigenvalue weighted by molar-refractivity contribution is 0.0970. The van der Waals surface area contributed by atoms with E-state index in [9.17, 15) is 9.18 Å². The van der Waals surface area contributed by atoms with Crippen molar-refractivity contribution in [3.8, 4) is 11.3 Å². The minimum absolute atomic E-state index is 0.0224. The molecule has 0 saturated heterocycles. The maximum atomic E-state index is 12.9. The first-order chi connectivity index (χ1) is 12.2. The second-order valence-corrected chi connectivity index (χ2v) is 5.91. The highest BCUT2D eigenvalue weighted by atomic mass is 19.1. The van der Waals surface area contributed by atoms with Gasteiger partial charge in [0, 0.05) is 24.1 Å². The third kappa shape index (κ3) is 4.86. The van der Waals surface area contributed by atoms with Crippen LogP contribution in [0.5, 0.6) is 0 Å². The summed E-state index contributed by atoms with van der Waals surface area (Å²) >= 11 is 0. The minimum Gasteiger partial charge on any atom is -0.364 e. The summed E-state index contributed by atoms with van der Waals surface area (Å²) in [6.45, 7) is 0. The lowest BCUT2D eigenvalue weighted by atomic mass is 10.1. The third-order valence-electron chi connectivity index (χ3n) is 4.00. The van der Waals surface area contributed by atoms with E-state index >= 15 is 0 Å². The highest BCUT2D eigenvalue weighted by Crippen LogP contribution is 2.21. The largest absolute Gasteiger partial charge is 0.364 e. The quantitative estimate of drug-likeness (QED) is 0.411. The molecule has 25 heavy (non-hydrogen) atoms. The maximum absolute atomic E-state index is 12.9. The first-order valence-electron chi connectivity index (χ1n) is 8.37. The summed E-state index contributed by atoms with van der Waals surface area (Å²) in [5.41, 5.74) is 2.10. The zero-order chi connectivity index (χ0) is 17.5. The van der Waals surface area contributed by atoms with Crippen LogP contribution >= 0.6 is 0 Å². The summed E-state index contributed by atoms with van der Waals surface area (Å²) in [7, 11) is 0. The minimum atomic E-state index is -0.273. The molecule has 1 aromatic carbocycles. The van der Waals surface area contributed by atoms with Crippen LogP contribution in [-0.4, -0.2) is 16.1 Å². The van der Waals surface area contributed by atoms with Crippen LogP contribution in [0.1, 0.15) is 48.3 Å². The fourth-order valence-electron chi connectivity index (χ4n) is 2.61. The van der Waals surface area contributed by atoms with Crippen LogP contribution in [0.2, 0.25) is 0 Å². The van der Waals surface area contributed by atoms with Gasteiger partial charge in [0.2, 0.25) is 0 Å². The van der Waals surface area contributed by atoms with Gasteiger partial charge in [0.25, 0.3) is 0 Å². The van der Waals surface area contributed by atoms with E-state index in [2.05, 4.69) is 14.8 Å². The number of aromatic nitrogens is 2. The predicted octanol–water partition coefficient (Wildman–Crippen LogP) is 4.84. The Hall–Kier alpha value is -2.76. The SMILES string of the molecule is O=C(CCCCCCc1cc(-c2ccc(F)cc2)on1)c1ccon1. The van der Waals surface area contributed by atoms with Gasteiger partial charge in [-0.3, -0.25) is 4.79 Å². The summed E-state index contributed by atoms with van der Waals surface area (Å²) in [5.74, 6) is 0.396. The number of unbranched alkanes of at least 4 members (excludes halogenated alkanes) is 3. The van der Waals surface area contributed by atoms with Crippen molar-refractivity contribution in [3.05, 3.63) is 59.9 Å². The van der Waals surface area contributed by atoms with Crippen LogP contribution in [0, 0.1) is 5.82 Å². The molecule has 0 amide bonds. The molecule has 0 N–H and O–H groups in total. The number of carbonyl (C=O) groups excluding carboxylic acids is 1. The van der Waals surface area contributed by atoms with E-state index in [0.717, 1.165) is 43.4 Å². The molecular weight excluding hydrogens is 323 g/mol. The normalized spacial score (nSPS) is 10.9. The Balaban J connectivity index is 1.35. The molecule has 0 spiro atoms. The second-order valence-electron chi connectivity index (χ2n) is 5.91. The van der Waals surface area contributed by atoms with E-state index in [1.165, 1.54) is 18.4 Å². The van der Waals surface area contributed by atoms with Crippen molar-refractivity contribution in [2.75, 3.05) is 0 Å². The first kappa shape index (κ1) is 17.1. The van der Waals surface area contributed by atoms with Gasteiger partial charge in [-0.1, -0.05) is 23.2 Å². The molecule has 6 heteroatoms. The molecular formula is C19H19FN2O3.